The fraction of sp³-hybridized carbons (Fsp3) is 0.450. The molecule has 0 aromatic carbocycles. The molecule has 2 amide bonds. The molecule has 2 aliphatic rings. The van der Waals surface area contributed by atoms with Gasteiger partial charge < -0.3 is 14.7 Å². The first-order chi connectivity index (χ1) is 14.0. The van der Waals surface area contributed by atoms with Crippen LogP contribution in [0.4, 0.5) is 0 Å². The van der Waals surface area contributed by atoms with Gasteiger partial charge in [0.05, 0.1) is 17.5 Å². The Morgan fingerprint density at radius 2 is 2.07 bits per heavy atom. The summed E-state index contributed by atoms with van der Waals surface area (Å²) in [6.45, 7) is 0. The lowest BCUT2D eigenvalue weighted by Gasteiger charge is -2.41. The highest BCUT2D eigenvalue weighted by Gasteiger charge is 2.37. The van der Waals surface area contributed by atoms with Crippen molar-refractivity contribution < 1.29 is 14.1 Å². The maximum absolute atomic E-state index is 12.8. The van der Waals surface area contributed by atoms with Crippen LogP contribution in [-0.2, 0) is 7.05 Å². The van der Waals surface area contributed by atoms with E-state index in [1.807, 2.05) is 13.1 Å². The monoisotopic (exact) mass is 394 g/mol. The van der Waals surface area contributed by atoms with Gasteiger partial charge in [0, 0.05) is 43.7 Å². The molecule has 0 radical (unpaired) electrons. The highest BCUT2D eigenvalue weighted by atomic mass is 16.5. The molecule has 9 heteroatoms. The van der Waals surface area contributed by atoms with Crippen molar-refractivity contribution in [2.45, 2.75) is 43.7 Å². The lowest BCUT2D eigenvalue weighted by atomic mass is 9.85. The molecule has 29 heavy (non-hydrogen) atoms. The molecule has 0 bridgehead atoms. The second-order valence-corrected chi connectivity index (χ2v) is 8.00. The van der Waals surface area contributed by atoms with E-state index < -0.39 is 0 Å². The molecule has 3 heterocycles. The largest absolute Gasteiger partial charge is 0.364 e. The Kier molecular flexibility index (Phi) is 4.11. The third kappa shape index (κ3) is 3.16. The summed E-state index contributed by atoms with van der Waals surface area (Å²) in [4.78, 5) is 31.4. The van der Waals surface area contributed by atoms with Gasteiger partial charge in [0.25, 0.3) is 11.8 Å². The summed E-state index contributed by atoms with van der Waals surface area (Å²) >= 11 is 0. The summed E-state index contributed by atoms with van der Waals surface area (Å²) < 4.78 is 6.67. The van der Waals surface area contributed by atoms with Crippen molar-refractivity contribution in [1.29, 1.82) is 0 Å². The van der Waals surface area contributed by atoms with Crippen LogP contribution in [0.15, 0.2) is 29.2 Å². The van der Waals surface area contributed by atoms with Gasteiger partial charge in [-0.25, -0.2) is 4.98 Å². The Balaban J connectivity index is 1.19. The molecule has 3 aromatic rings. The number of aromatic nitrogens is 4. The number of aryl methyl sites for hydroxylation is 1. The van der Waals surface area contributed by atoms with Crippen molar-refractivity contribution in [2.24, 2.45) is 7.05 Å². The fourth-order valence-corrected chi connectivity index (χ4v) is 3.88. The number of carbonyl (C=O) groups excluding carboxylic acids is 2. The van der Waals surface area contributed by atoms with Crippen LogP contribution in [0.1, 0.15) is 58.0 Å². The number of carbonyl (C=O) groups is 2. The SMILES string of the molecule is CN(C(=O)c1cnc2c(cnn2C)c1)C1CC(NC(=O)c2conc2C2CC2)C1. The summed E-state index contributed by atoms with van der Waals surface area (Å²) in [5, 5.41) is 12.0. The summed E-state index contributed by atoms with van der Waals surface area (Å²) in [5.41, 5.74) is 2.59. The minimum Gasteiger partial charge on any atom is -0.364 e. The zero-order chi connectivity index (χ0) is 20.1. The Bertz CT molecular complexity index is 1090. The van der Waals surface area contributed by atoms with Gasteiger partial charge in [-0.3, -0.25) is 14.3 Å². The molecule has 5 rings (SSSR count). The standard InChI is InChI=1S/C20H22N6O3/c1-25(20(28)13-5-12-9-22-26(2)18(12)21-8-13)15-6-14(7-15)23-19(27)16-10-29-24-17(16)11-3-4-11/h5,8-11,14-15H,3-4,6-7H2,1-2H3,(H,23,27). The molecule has 2 saturated carbocycles. The Morgan fingerprint density at radius 3 is 2.83 bits per heavy atom. The molecule has 2 aliphatic carbocycles. The predicted molar refractivity (Wildman–Crippen MR) is 103 cm³/mol. The van der Waals surface area contributed by atoms with E-state index in [1.54, 1.807) is 29.0 Å². The Hall–Kier alpha value is -3.23. The van der Waals surface area contributed by atoms with Crippen LogP contribution in [-0.4, -0.2) is 55.8 Å². The van der Waals surface area contributed by atoms with E-state index in [4.69, 9.17) is 4.52 Å². The molecule has 2 fully saturated rings. The van der Waals surface area contributed by atoms with Crippen molar-refractivity contribution in [2.75, 3.05) is 7.05 Å². The van der Waals surface area contributed by atoms with E-state index in [1.165, 1.54) is 6.26 Å². The summed E-state index contributed by atoms with van der Waals surface area (Å²) in [5.74, 6) is 0.142. The molecule has 3 aromatic heterocycles. The summed E-state index contributed by atoms with van der Waals surface area (Å²) in [6.07, 6.45) is 8.29. The van der Waals surface area contributed by atoms with E-state index in [0.717, 1.165) is 42.4 Å². The molecule has 1 N–H and O–H groups in total. The molecule has 0 unspecified atom stereocenters. The second kappa shape index (κ2) is 6.68. The van der Waals surface area contributed by atoms with Crippen LogP contribution in [0.3, 0.4) is 0 Å². The number of nitrogens with one attached hydrogen (secondary N) is 1. The highest BCUT2D eigenvalue weighted by molar-refractivity contribution is 5.97. The number of fused-ring (bicyclic) bond motifs is 1. The number of pyridine rings is 1. The van der Waals surface area contributed by atoms with Gasteiger partial charge in [-0.05, 0) is 31.7 Å². The smallest absolute Gasteiger partial charge is 0.256 e. The fourth-order valence-electron chi connectivity index (χ4n) is 3.88. The maximum atomic E-state index is 12.8. The summed E-state index contributed by atoms with van der Waals surface area (Å²) in [6, 6.07) is 1.95. The number of hydrogen-bond acceptors (Lipinski definition) is 6. The van der Waals surface area contributed by atoms with Crippen molar-refractivity contribution in [3.8, 4) is 0 Å². The molecule has 0 saturated heterocycles. The third-order valence-electron chi connectivity index (χ3n) is 5.94. The van der Waals surface area contributed by atoms with E-state index in [-0.39, 0.29) is 23.9 Å². The average Bonchev–Trinajstić information content (AvgIpc) is 3.30. The first kappa shape index (κ1) is 17.8. The quantitative estimate of drug-likeness (QED) is 0.708. The van der Waals surface area contributed by atoms with E-state index in [0.29, 0.717) is 17.0 Å². The van der Waals surface area contributed by atoms with E-state index >= 15 is 0 Å². The van der Waals surface area contributed by atoms with Gasteiger partial charge in [-0.15, -0.1) is 0 Å². The molecule has 0 atom stereocenters. The summed E-state index contributed by atoms with van der Waals surface area (Å²) in [7, 11) is 3.61. The van der Waals surface area contributed by atoms with Crippen molar-refractivity contribution in [3.63, 3.8) is 0 Å². The van der Waals surface area contributed by atoms with Gasteiger partial charge in [0.1, 0.15) is 11.8 Å². The van der Waals surface area contributed by atoms with Crippen LogP contribution >= 0.6 is 0 Å². The van der Waals surface area contributed by atoms with Gasteiger partial charge in [0.15, 0.2) is 5.65 Å². The van der Waals surface area contributed by atoms with E-state index in [9.17, 15) is 9.59 Å². The van der Waals surface area contributed by atoms with Gasteiger partial charge in [-0.2, -0.15) is 5.10 Å². The minimum atomic E-state index is -0.142. The molecule has 150 valence electrons. The zero-order valence-electron chi connectivity index (χ0n) is 16.3. The van der Waals surface area contributed by atoms with Crippen LogP contribution in [0.25, 0.3) is 11.0 Å². The average molecular weight is 394 g/mol. The first-order valence-corrected chi connectivity index (χ1v) is 9.81. The lowest BCUT2D eigenvalue weighted by molar-refractivity contribution is 0.0584. The Morgan fingerprint density at radius 1 is 1.28 bits per heavy atom. The van der Waals surface area contributed by atoms with Crippen molar-refractivity contribution >= 4 is 22.8 Å². The molecule has 9 nitrogen and oxygen atoms in total. The van der Waals surface area contributed by atoms with Gasteiger partial charge >= 0.3 is 0 Å². The Labute approximate surface area is 167 Å². The number of amides is 2. The van der Waals surface area contributed by atoms with E-state index in [2.05, 4.69) is 20.6 Å². The minimum absolute atomic E-state index is 0.0450. The predicted octanol–water partition coefficient (Wildman–Crippen LogP) is 1.87. The van der Waals surface area contributed by atoms with Crippen molar-refractivity contribution in [1.82, 2.24) is 30.1 Å². The number of hydrogen-bond donors (Lipinski definition) is 1. The van der Waals surface area contributed by atoms with Crippen LogP contribution in [0.5, 0.6) is 0 Å². The molecule has 0 aliphatic heterocycles. The zero-order valence-corrected chi connectivity index (χ0v) is 16.3. The van der Waals surface area contributed by atoms with Crippen LogP contribution < -0.4 is 5.32 Å². The topological polar surface area (TPSA) is 106 Å². The van der Waals surface area contributed by atoms with Crippen molar-refractivity contribution in [3.05, 3.63) is 41.5 Å². The molecular weight excluding hydrogens is 372 g/mol. The number of rotatable bonds is 5. The van der Waals surface area contributed by atoms with Crippen LogP contribution in [0.2, 0.25) is 0 Å². The maximum Gasteiger partial charge on any atom is 0.256 e. The highest BCUT2D eigenvalue weighted by Crippen LogP contribution is 2.40. The van der Waals surface area contributed by atoms with Gasteiger partial charge in [-0.1, -0.05) is 5.16 Å². The van der Waals surface area contributed by atoms with Gasteiger partial charge in [0.2, 0.25) is 0 Å². The molecule has 0 spiro atoms. The first-order valence-electron chi connectivity index (χ1n) is 9.81. The lowest BCUT2D eigenvalue weighted by Crippen LogP contribution is -2.54. The molecular formula is C20H22N6O3. The number of nitrogens with zero attached hydrogens (tertiary/aromatic N) is 5. The second-order valence-electron chi connectivity index (χ2n) is 8.00. The normalized spacial score (nSPS) is 21.0. The third-order valence-corrected chi connectivity index (χ3v) is 5.94. The van der Waals surface area contributed by atoms with Crippen LogP contribution in [0, 0.1) is 0 Å².